The van der Waals surface area contributed by atoms with Crippen LogP contribution < -0.4 is 14.2 Å². The van der Waals surface area contributed by atoms with Crippen molar-refractivity contribution >= 4 is 16.0 Å². The number of halogens is 1. The first-order valence-corrected chi connectivity index (χ1v) is 11.8. The Hall–Kier alpha value is -4.20. The number of nitrogens with one attached hydrogen (secondary N) is 1. The standard InChI is InChI=1S/C21H21FN8O4S/c1-13(9-18-23-11-15(22)12-24-18)35(31,32)29-21-28-27-20(14-7-8-25-26-10-14)30(21)19-16(33-2)5-4-6-17(19)34-3/h4-8,10-13H,9H2,1-3H3,(H,28,29)/t13-/m1/s1. The molecule has 0 saturated carbocycles. The van der Waals surface area contributed by atoms with Crippen LogP contribution in [0.2, 0.25) is 0 Å². The van der Waals surface area contributed by atoms with Crippen molar-refractivity contribution in [2.45, 2.75) is 18.6 Å². The van der Waals surface area contributed by atoms with E-state index in [2.05, 4.69) is 35.1 Å². The van der Waals surface area contributed by atoms with Gasteiger partial charge < -0.3 is 9.47 Å². The summed E-state index contributed by atoms with van der Waals surface area (Å²) in [6.07, 6.45) is 4.85. The van der Waals surface area contributed by atoms with Gasteiger partial charge in [0.2, 0.25) is 16.0 Å². The number of anilines is 1. The van der Waals surface area contributed by atoms with Crippen LogP contribution >= 0.6 is 0 Å². The van der Waals surface area contributed by atoms with E-state index in [1.54, 1.807) is 24.3 Å². The molecule has 4 aromatic rings. The Balaban J connectivity index is 1.79. The first-order chi connectivity index (χ1) is 16.8. The maximum absolute atomic E-state index is 13.2. The minimum absolute atomic E-state index is 0.0527. The number of aromatic nitrogens is 7. The Bertz CT molecular complexity index is 1390. The van der Waals surface area contributed by atoms with Gasteiger partial charge in [0, 0.05) is 12.0 Å². The van der Waals surface area contributed by atoms with Gasteiger partial charge in [0.15, 0.2) is 11.6 Å². The fourth-order valence-electron chi connectivity index (χ4n) is 3.26. The second kappa shape index (κ2) is 9.97. The predicted octanol–water partition coefficient (Wildman–Crippen LogP) is 2.04. The summed E-state index contributed by atoms with van der Waals surface area (Å²) < 4.78 is 54.5. The van der Waals surface area contributed by atoms with Crippen LogP contribution in [-0.4, -0.2) is 62.8 Å². The van der Waals surface area contributed by atoms with E-state index in [9.17, 15) is 12.8 Å². The highest BCUT2D eigenvalue weighted by Gasteiger charge is 2.28. The van der Waals surface area contributed by atoms with E-state index in [1.165, 1.54) is 38.1 Å². The normalized spacial score (nSPS) is 12.2. The van der Waals surface area contributed by atoms with Gasteiger partial charge in [-0.2, -0.15) is 10.2 Å². The number of benzene rings is 1. The van der Waals surface area contributed by atoms with Crippen LogP contribution in [0.15, 0.2) is 49.1 Å². The van der Waals surface area contributed by atoms with Crippen molar-refractivity contribution in [2.24, 2.45) is 0 Å². The molecule has 35 heavy (non-hydrogen) atoms. The van der Waals surface area contributed by atoms with Crippen molar-refractivity contribution in [3.63, 3.8) is 0 Å². The number of hydrogen-bond donors (Lipinski definition) is 1. The maximum Gasteiger partial charge on any atom is 0.243 e. The molecule has 3 aromatic heterocycles. The Morgan fingerprint density at radius 3 is 2.31 bits per heavy atom. The first kappa shape index (κ1) is 23.9. The van der Waals surface area contributed by atoms with Gasteiger partial charge in [-0.25, -0.2) is 22.8 Å². The molecule has 4 rings (SSSR count). The Morgan fingerprint density at radius 1 is 1.03 bits per heavy atom. The van der Waals surface area contributed by atoms with Crippen LogP contribution in [0.25, 0.3) is 17.1 Å². The van der Waals surface area contributed by atoms with Gasteiger partial charge in [-0.15, -0.1) is 10.2 Å². The van der Waals surface area contributed by atoms with Crippen molar-refractivity contribution in [1.82, 2.24) is 34.9 Å². The lowest BCUT2D eigenvalue weighted by molar-refractivity contribution is 0.391. The van der Waals surface area contributed by atoms with Crippen LogP contribution in [0.1, 0.15) is 12.7 Å². The SMILES string of the molecule is COc1cccc(OC)c1-n1c(NS(=O)(=O)[C@H](C)Cc2ncc(F)cn2)nnc1-c1ccnnc1. The van der Waals surface area contributed by atoms with E-state index < -0.39 is 21.1 Å². The fourth-order valence-corrected chi connectivity index (χ4v) is 4.22. The zero-order valence-corrected chi connectivity index (χ0v) is 19.8. The molecular formula is C21H21FN8O4S. The predicted molar refractivity (Wildman–Crippen MR) is 123 cm³/mol. The molecule has 1 atom stereocenters. The van der Waals surface area contributed by atoms with Gasteiger partial charge in [0.25, 0.3) is 0 Å². The average Bonchev–Trinajstić information content (AvgIpc) is 3.27. The smallest absolute Gasteiger partial charge is 0.243 e. The summed E-state index contributed by atoms with van der Waals surface area (Å²) in [4.78, 5) is 7.67. The van der Waals surface area contributed by atoms with Gasteiger partial charge in [-0.05, 0) is 25.1 Å². The van der Waals surface area contributed by atoms with Crippen LogP contribution in [-0.2, 0) is 16.4 Å². The van der Waals surface area contributed by atoms with Crippen LogP contribution in [0, 0.1) is 5.82 Å². The molecule has 0 unspecified atom stereocenters. The van der Waals surface area contributed by atoms with E-state index in [0.29, 0.717) is 22.7 Å². The second-order valence-electron chi connectivity index (χ2n) is 7.30. The summed E-state index contributed by atoms with van der Waals surface area (Å²) >= 11 is 0. The molecule has 1 aromatic carbocycles. The summed E-state index contributed by atoms with van der Waals surface area (Å²) in [5.74, 6) is 0.516. The van der Waals surface area contributed by atoms with Crippen LogP contribution in [0.5, 0.6) is 11.5 Å². The van der Waals surface area contributed by atoms with E-state index in [-0.39, 0.29) is 24.0 Å². The average molecular weight is 501 g/mol. The molecule has 0 saturated heterocycles. The van der Waals surface area contributed by atoms with Crippen molar-refractivity contribution in [3.8, 4) is 28.6 Å². The topological polar surface area (TPSA) is 147 Å². The number of sulfonamides is 1. The largest absolute Gasteiger partial charge is 0.494 e. The van der Waals surface area contributed by atoms with Crippen LogP contribution in [0.3, 0.4) is 0 Å². The molecular weight excluding hydrogens is 479 g/mol. The number of ether oxygens (including phenoxy) is 2. The monoisotopic (exact) mass is 500 g/mol. The molecule has 3 heterocycles. The van der Waals surface area contributed by atoms with Gasteiger partial charge in [0.05, 0.1) is 44.3 Å². The number of methoxy groups -OCH3 is 2. The molecule has 182 valence electrons. The Morgan fingerprint density at radius 2 is 1.71 bits per heavy atom. The molecule has 0 amide bonds. The molecule has 0 spiro atoms. The summed E-state index contributed by atoms with van der Waals surface area (Å²) in [5, 5.41) is 14.9. The van der Waals surface area contributed by atoms with Crippen molar-refractivity contribution in [2.75, 3.05) is 18.9 Å². The Kier molecular flexibility index (Phi) is 6.82. The number of hydrogen-bond acceptors (Lipinski definition) is 10. The minimum Gasteiger partial charge on any atom is -0.494 e. The molecule has 1 N–H and O–H groups in total. The maximum atomic E-state index is 13.2. The van der Waals surface area contributed by atoms with Crippen molar-refractivity contribution in [1.29, 1.82) is 0 Å². The summed E-state index contributed by atoms with van der Waals surface area (Å²) in [6.45, 7) is 1.48. The molecule has 0 radical (unpaired) electrons. The number of para-hydroxylation sites is 1. The lowest BCUT2D eigenvalue weighted by atomic mass is 10.2. The third-order valence-corrected chi connectivity index (χ3v) is 6.73. The zero-order chi connectivity index (χ0) is 25.0. The molecule has 0 fully saturated rings. The molecule has 0 aliphatic carbocycles. The lowest BCUT2D eigenvalue weighted by Gasteiger charge is -2.18. The van der Waals surface area contributed by atoms with Gasteiger partial charge in [0.1, 0.15) is 23.0 Å². The first-order valence-electron chi connectivity index (χ1n) is 10.3. The third-order valence-electron chi connectivity index (χ3n) is 5.04. The molecule has 12 nitrogen and oxygen atoms in total. The lowest BCUT2D eigenvalue weighted by Crippen LogP contribution is -2.29. The quantitative estimate of drug-likeness (QED) is 0.362. The van der Waals surface area contributed by atoms with Crippen molar-refractivity contribution < 1.29 is 22.3 Å². The van der Waals surface area contributed by atoms with E-state index in [0.717, 1.165) is 12.4 Å². The summed E-state index contributed by atoms with van der Waals surface area (Å²) in [7, 11) is -1.06. The van der Waals surface area contributed by atoms with Gasteiger partial charge in [-0.3, -0.25) is 9.29 Å². The highest BCUT2D eigenvalue weighted by molar-refractivity contribution is 7.93. The number of nitrogens with zero attached hydrogens (tertiary/aromatic N) is 7. The highest BCUT2D eigenvalue weighted by atomic mass is 32.2. The van der Waals surface area contributed by atoms with Crippen molar-refractivity contribution in [3.05, 3.63) is 60.7 Å². The zero-order valence-electron chi connectivity index (χ0n) is 19.0. The highest BCUT2D eigenvalue weighted by Crippen LogP contribution is 2.37. The Labute approximate surface area is 200 Å². The summed E-state index contributed by atoms with van der Waals surface area (Å²) in [6, 6.07) is 6.77. The van der Waals surface area contributed by atoms with Gasteiger partial charge >= 0.3 is 0 Å². The second-order valence-corrected chi connectivity index (χ2v) is 9.40. The molecule has 0 bridgehead atoms. The molecule has 0 aliphatic heterocycles. The van der Waals surface area contributed by atoms with E-state index >= 15 is 0 Å². The summed E-state index contributed by atoms with van der Waals surface area (Å²) in [5.41, 5.74) is 0.903. The molecule has 14 heteroatoms. The number of rotatable bonds is 9. The van der Waals surface area contributed by atoms with Crippen LogP contribution in [0.4, 0.5) is 10.3 Å². The van der Waals surface area contributed by atoms with E-state index in [4.69, 9.17) is 9.47 Å². The van der Waals surface area contributed by atoms with E-state index in [1.807, 2.05) is 0 Å². The minimum atomic E-state index is -4.02. The fraction of sp³-hybridized carbons (Fsp3) is 0.238. The van der Waals surface area contributed by atoms with Gasteiger partial charge in [-0.1, -0.05) is 6.07 Å². The molecule has 0 aliphatic rings. The third kappa shape index (κ3) is 5.01.